The van der Waals surface area contributed by atoms with Crippen LogP contribution in [0.25, 0.3) is 0 Å². The third-order valence-electron chi connectivity index (χ3n) is 4.99. The fourth-order valence-electron chi connectivity index (χ4n) is 3.25. The predicted molar refractivity (Wildman–Crippen MR) is 118 cm³/mol. The maximum Gasteiger partial charge on any atom is 0.191 e. The third-order valence-corrected chi connectivity index (χ3v) is 5.86. The van der Waals surface area contributed by atoms with Crippen molar-refractivity contribution < 1.29 is 0 Å². The van der Waals surface area contributed by atoms with E-state index in [0.717, 1.165) is 41.1 Å². The molecule has 0 atom stereocenters. The lowest BCUT2D eigenvalue weighted by Crippen LogP contribution is -2.36. The molecule has 6 nitrogen and oxygen atoms in total. The van der Waals surface area contributed by atoms with Gasteiger partial charge in [-0.3, -0.25) is 4.99 Å². The summed E-state index contributed by atoms with van der Waals surface area (Å²) in [6.07, 6.45) is 7.18. The van der Waals surface area contributed by atoms with Crippen LogP contribution in [0.1, 0.15) is 61.7 Å². The molecule has 0 radical (unpaired) electrons. The number of thiazole rings is 1. The van der Waals surface area contributed by atoms with E-state index in [0.29, 0.717) is 19.0 Å². The first kappa shape index (κ1) is 20.6. The average Bonchev–Trinajstić information content (AvgIpc) is 3.03. The van der Waals surface area contributed by atoms with Gasteiger partial charge in [-0.1, -0.05) is 32.8 Å². The average molecular weight is 401 g/mol. The number of hydrogen-bond acceptors (Lipinski definition) is 5. The van der Waals surface area contributed by atoms with Crippen molar-refractivity contribution in [1.29, 1.82) is 0 Å². The van der Waals surface area contributed by atoms with Gasteiger partial charge in [0.15, 0.2) is 5.96 Å². The van der Waals surface area contributed by atoms with Crippen LogP contribution in [0.4, 0.5) is 5.82 Å². The molecular formula is C21H32N6S. The fourth-order valence-corrected chi connectivity index (χ4v) is 4.14. The summed E-state index contributed by atoms with van der Waals surface area (Å²) >= 11 is 1.69. The van der Waals surface area contributed by atoms with Gasteiger partial charge < -0.3 is 15.5 Å². The first-order valence-electron chi connectivity index (χ1n) is 10.2. The zero-order valence-corrected chi connectivity index (χ0v) is 18.1. The van der Waals surface area contributed by atoms with Gasteiger partial charge in [0.05, 0.1) is 12.2 Å². The molecule has 1 fully saturated rings. The Bertz CT molecular complexity index is 745. The Morgan fingerprint density at radius 2 is 1.89 bits per heavy atom. The number of pyridine rings is 1. The molecule has 0 bridgehead atoms. The molecule has 152 valence electrons. The topological polar surface area (TPSA) is 65.4 Å². The van der Waals surface area contributed by atoms with Crippen molar-refractivity contribution in [1.82, 2.24) is 20.6 Å². The molecule has 0 spiro atoms. The van der Waals surface area contributed by atoms with Gasteiger partial charge in [0.2, 0.25) is 0 Å². The number of aliphatic imine (C=N–C) groups is 1. The van der Waals surface area contributed by atoms with Crippen molar-refractivity contribution in [2.24, 2.45) is 4.99 Å². The Labute approximate surface area is 172 Å². The molecule has 2 N–H and O–H groups in total. The Hall–Kier alpha value is -2.15. The molecular weight excluding hydrogens is 368 g/mol. The molecule has 3 rings (SSSR count). The minimum absolute atomic E-state index is 0.465. The molecule has 0 unspecified atom stereocenters. The molecule has 1 saturated heterocycles. The lowest BCUT2D eigenvalue weighted by Gasteiger charge is -2.21. The predicted octanol–water partition coefficient (Wildman–Crippen LogP) is 3.91. The number of hydrogen-bond donors (Lipinski definition) is 2. The molecule has 2 aromatic rings. The van der Waals surface area contributed by atoms with Crippen LogP contribution in [0.5, 0.6) is 0 Å². The van der Waals surface area contributed by atoms with E-state index in [9.17, 15) is 0 Å². The van der Waals surface area contributed by atoms with Crippen molar-refractivity contribution in [3.63, 3.8) is 0 Å². The highest BCUT2D eigenvalue weighted by molar-refractivity contribution is 7.09. The molecule has 2 aromatic heterocycles. The Balaban J connectivity index is 1.47. The van der Waals surface area contributed by atoms with Gasteiger partial charge in [0, 0.05) is 38.3 Å². The van der Waals surface area contributed by atoms with Crippen molar-refractivity contribution in [3.8, 4) is 0 Å². The number of guanidine groups is 1. The normalized spacial score (nSPS) is 15.6. The van der Waals surface area contributed by atoms with Crippen LogP contribution < -0.4 is 15.5 Å². The van der Waals surface area contributed by atoms with Crippen LogP contribution in [0.3, 0.4) is 0 Å². The minimum Gasteiger partial charge on any atom is -0.357 e. The number of anilines is 1. The Morgan fingerprint density at radius 3 is 2.50 bits per heavy atom. The fraction of sp³-hybridized carbons (Fsp3) is 0.571. The van der Waals surface area contributed by atoms with Gasteiger partial charge in [0.1, 0.15) is 10.8 Å². The lowest BCUT2D eigenvalue weighted by atomic mass is 10.2. The number of aromatic nitrogens is 2. The number of nitrogens with one attached hydrogen (secondary N) is 2. The maximum absolute atomic E-state index is 4.68. The van der Waals surface area contributed by atoms with Crippen molar-refractivity contribution in [2.45, 2.75) is 58.5 Å². The standard InChI is InChI=1S/C21H32N6S/c1-16(2)18-15-28-20(26-18)14-25-21(22-3)24-13-17-8-9-19(23-12-17)27-10-6-4-5-7-11-27/h8-9,12,15-16H,4-7,10-11,13-14H2,1-3H3,(H2,22,24,25). The highest BCUT2D eigenvalue weighted by Crippen LogP contribution is 2.18. The number of rotatable bonds is 6. The van der Waals surface area contributed by atoms with Gasteiger partial charge in [0.25, 0.3) is 0 Å². The monoisotopic (exact) mass is 400 g/mol. The van der Waals surface area contributed by atoms with Gasteiger partial charge in [-0.25, -0.2) is 9.97 Å². The van der Waals surface area contributed by atoms with E-state index >= 15 is 0 Å². The largest absolute Gasteiger partial charge is 0.357 e. The molecule has 1 aliphatic rings. The maximum atomic E-state index is 4.68. The van der Waals surface area contributed by atoms with Crippen molar-refractivity contribution in [3.05, 3.63) is 40.0 Å². The summed E-state index contributed by atoms with van der Waals surface area (Å²) in [5.74, 6) is 2.34. The van der Waals surface area contributed by atoms with Crippen LogP contribution in [0, 0.1) is 0 Å². The van der Waals surface area contributed by atoms with Crippen LogP contribution in [0.15, 0.2) is 28.7 Å². The summed E-state index contributed by atoms with van der Waals surface area (Å²) in [5.41, 5.74) is 2.30. The van der Waals surface area contributed by atoms with E-state index in [1.807, 2.05) is 6.20 Å². The second-order valence-electron chi connectivity index (χ2n) is 7.53. The SMILES string of the molecule is CN=C(NCc1ccc(N2CCCCCC2)nc1)NCc1nc(C(C)C)cs1. The van der Waals surface area contributed by atoms with E-state index in [-0.39, 0.29) is 0 Å². The summed E-state index contributed by atoms with van der Waals surface area (Å²) in [4.78, 5) is 16.0. The van der Waals surface area contributed by atoms with Crippen LogP contribution in [-0.2, 0) is 13.1 Å². The van der Waals surface area contributed by atoms with E-state index in [1.165, 1.54) is 25.7 Å². The summed E-state index contributed by atoms with van der Waals surface area (Å²) in [5, 5.41) is 9.91. The van der Waals surface area contributed by atoms with Gasteiger partial charge in [-0.2, -0.15) is 0 Å². The van der Waals surface area contributed by atoms with Crippen LogP contribution in [0.2, 0.25) is 0 Å². The second-order valence-corrected chi connectivity index (χ2v) is 8.47. The van der Waals surface area contributed by atoms with Gasteiger partial charge >= 0.3 is 0 Å². The molecule has 1 aliphatic heterocycles. The third kappa shape index (κ3) is 5.92. The second kappa shape index (κ2) is 10.4. The van der Waals surface area contributed by atoms with Gasteiger partial charge in [-0.05, 0) is 30.4 Å². The molecule has 7 heteroatoms. The van der Waals surface area contributed by atoms with Gasteiger partial charge in [-0.15, -0.1) is 11.3 Å². The summed E-state index contributed by atoms with van der Waals surface area (Å²) < 4.78 is 0. The minimum atomic E-state index is 0.465. The van der Waals surface area contributed by atoms with Crippen molar-refractivity contribution in [2.75, 3.05) is 25.0 Å². The highest BCUT2D eigenvalue weighted by Gasteiger charge is 2.11. The van der Waals surface area contributed by atoms with E-state index in [2.05, 4.69) is 61.9 Å². The van der Waals surface area contributed by atoms with E-state index in [1.54, 1.807) is 18.4 Å². The lowest BCUT2D eigenvalue weighted by molar-refractivity contribution is 0.726. The Morgan fingerprint density at radius 1 is 1.14 bits per heavy atom. The highest BCUT2D eigenvalue weighted by atomic mass is 32.1. The molecule has 28 heavy (non-hydrogen) atoms. The van der Waals surface area contributed by atoms with Crippen LogP contribution in [-0.4, -0.2) is 36.1 Å². The first-order valence-corrected chi connectivity index (χ1v) is 11.1. The summed E-state index contributed by atoms with van der Waals surface area (Å²) in [6.45, 7) is 7.95. The Kier molecular flexibility index (Phi) is 7.65. The molecule has 3 heterocycles. The first-order chi connectivity index (χ1) is 13.7. The molecule has 0 aromatic carbocycles. The molecule has 0 saturated carbocycles. The van der Waals surface area contributed by atoms with E-state index in [4.69, 9.17) is 0 Å². The van der Waals surface area contributed by atoms with Crippen molar-refractivity contribution >= 4 is 23.1 Å². The quantitative estimate of drug-likeness (QED) is 0.569. The zero-order chi connectivity index (χ0) is 19.8. The van der Waals surface area contributed by atoms with E-state index < -0.39 is 0 Å². The molecule has 0 amide bonds. The smallest absolute Gasteiger partial charge is 0.191 e. The number of nitrogens with zero attached hydrogens (tertiary/aromatic N) is 4. The molecule has 0 aliphatic carbocycles. The van der Waals surface area contributed by atoms with Crippen LogP contribution >= 0.6 is 11.3 Å². The summed E-state index contributed by atoms with van der Waals surface area (Å²) in [6, 6.07) is 4.30. The summed E-state index contributed by atoms with van der Waals surface area (Å²) in [7, 11) is 1.79. The zero-order valence-electron chi connectivity index (χ0n) is 17.2.